The minimum atomic E-state index is 0.326. The molecule has 0 bridgehead atoms. The molecule has 0 aromatic heterocycles. The molecule has 3 nitrogen and oxygen atoms in total. The molecular formula is C13H26N2O. The lowest BCUT2D eigenvalue weighted by Crippen LogP contribution is -2.39. The third-order valence-corrected chi connectivity index (χ3v) is 4.09. The highest BCUT2D eigenvalue weighted by atomic mass is 16.5. The van der Waals surface area contributed by atoms with E-state index in [1.54, 1.807) is 0 Å². The van der Waals surface area contributed by atoms with Gasteiger partial charge in [0, 0.05) is 19.1 Å². The fourth-order valence-electron chi connectivity index (χ4n) is 2.95. The number of nitrogens with two attached hydrogens (primary N) is 1. The van der Waals surface area contributed by atoms with Crippen molar-refractivity contribution in [3.05, 3.63) is 0 Å². The van der Waals surface area contributed by atoms with Crippen LogP contribution < -0.4 is 5.73 Å². The Morgan fingerprint density at radius 1 is 1.12 bits per heavy atom. The summed E-state index contributed by atoms with van der Waals surface area (Å²) in [5.41, 5.74) is 5.64. The zero-order valence-corrected chi connectivity index (χ0v) is 10.5. The average molecular weight is 226 g/mol. The van der Waals surface area contributed by atoms with E-state index in [9.17, 15) is 0 Å². The largest absolute Gasteiger partial charge is 0.372 e. The minimum Gasteiger partial charge on any atom is -0.372 e. The Morgan fingerprint density at radius 2 is 1.94 bits per heavy atom. The lowest BCUT2D eigenvalue weighted by Gasteiger charge is -2.29. The van der Waals surface area contributed by atoms with Crippen molar-refractivity contribution in [2.24, 2.45) is 5.73 Å². The second kappa shape index (κ2) is 5.99. The molecular weight excluding hydrogens is 200 g/mol. The van der Waals surface area contributed by atoms with Crippen LogP contribution >= 0.6 is 0 Å². The molecule has 2 saturated heterocycles. The number of likely N-dealkylation sites (tertiary alicyclic amines) is 1. The first-order valence-corrected chi connectivity index (χ1v) is 6.89. The van der Waals surface area contributed by atoms with Crippen molar-refractivity contribution in [1.82, 2.24) is 4.90 Å². The van der Waals surface area contributed by atoms with E-state index < -0.39 is 0 Å². The van der Waals surface area contributed by atoms with Gasteiger partial charge in [-0.1, -0.05) is 12.8 Å². The van der Waals surface area contributed by atoms with Crippen LogP contribution in [0.4, 0.5) is 0 Å². The molecule has 3 unspecified atom stereocenters. The number of rotatable bonds is 3. The van der Waals surface area contributed by atoms with Crippen molar-refractivity contribution >= 4 is 0 Å². The number of hydrogen-bond acceptors (Lipinski definition) is 3. The molecule has 3 heteroatoms. The Balaban J connectivity index is 1.79. The normalized spacial score (nSPS) is 37.5. The fraction of sp³-hybridized carbons (Fsp3) is 1.00. The van der Waals surface area contributed by atoms with Crippen molar-refractivity contribution in [3.63, 3.8) is 0 Å². The Kier molecular flexibility index (Phi) is 4.62. The standard InChI is InChI=1S/C13H26N2O/c1-11-5-3-2-4-8-15(11)10-13-7-6-12(9-14)16-13/h11-13H,2-10,14H2,1H3. The molecule has 0 amide bonds. The summed E-state index contributed by atoms with van der Waals surface area (Å²) < 4.78 is 5.94. The third-order valence-electron chi connectivity index (χ3n) is 4.09. The highest BCUT2D eigenvalue weighted by molar-refractivity contribution is 4.80. The van der Waals surface area contributed by atoms with Crippen LogP contribution in [0.15, 0.2) is 0 Å². The van der Waals surface area contributed by atoms with Gasteiger partial charge in [-0.25, -0.2) is 0 Å². The summed E-state index contributed by atoms with van der Waals surface area (Å²) >= 11 is 0. The maximum absolute atomic E-state index is 5.94. The highest BCUT2D eigenvalue weighted by Crippen LogP contribution is 2.23. The zero-order chi connectivity index (χ0) is 11.4. The first-order chi connectivity index (χ1) is 7.79. The van der Waals surface area contributed by atoms with Gasteiger partial charge in [-0.15, -0.1) is 0 Å². The van der Waals surface area contributed by atoms with Gasteiger partial charge >= 0.3 is 0 Å². The maximum Gasteiger partial charge on any atom is 0.0707 e. The van der Waals surface area contributed by atoms with Gasteiger partial charge in [0.25, 0.3) is 0 Å². The van der Waals surface area contributed by atoms with E-state index in [-0.39, 0.29) is 0 Å². The SMILES string of the molecule is CC1CCCCCN1CC1CCC(CN)O1. The van der Waals surface area contributed by atoms with Crippen molar-refractivity contribution in [2.45, 2.75) is 63.7 Å². The average Bonchev–Trinajstić information content (AvgIpc) is 2.65. The summed E-state index contributed by atoms with van der Waals surface area (Å²) in [4.78, 5) is 2.62. The Hall–Kier alpha value is -0.120. The van der Waals surface area contributed by atoms with E-state index >= 15 is 0 Å². The second-order valence-corrected chi connectivity index (χ2v) is 5.39. The molecule has 2 heterocycles. The monoisotopic (exact) mass is 226 g/mol. The van der Waals surface area contributed by atoms with Gasteiger partial charge in [0.1, 0.15) is 0 Å². The van der Waals surface area contributed by atoms with Crippen LogP contribution in [0.3, 0.4) is 0 Å². The molecule has 0 aromatic rings. The smallest absolute Gasteiger partial charge is 0.0707 e. The van der Waals surface area contributed by atoms with Gasteiger partial charge < -0.3 is 10.5 Å². The fourth-order valence-corrected chi connectivity index (χ4v) is 2.95. The van der Waals surface area contributed by atoms with Crippen molar-refractivity contribution in [3.8, 4) is 0 Å². The van der Waals surface area contributed by atoms with Crippen LogP contribution in [0.2, 0.25) is 0 Å². The predicted molar refractivity (Wildman–Crippen MR) is 66.5 cm³/mol. The van der Waals surface area contributed by atoms with Gasteiger partial charge in [0.05, 0.1) is 12.2 Å². The van der Waals surface area contributed by atoms with Crippen LogP contribution in [0, 0.1) is 0 Å². The molecule has 0 radical (unpaired) electrons. The minimum absolute atomic E-state index is 0.326. The molecule has 2 rings (SSSR count). The zero-order valence-electron chi connectivity index (χ0n) is 10.5. The van der Waals surface area contributed by atoms with Gasteiger partial charge in [-0.2, -0.15) is 0 Å². The van der Waals surface area contributed by atoms with E-state index in [0.717, 1.165) is 19.0 Å². The molecule has 0 spiro atoms. The molecule has 94 valence electrons. The van der Waals surface area contributed by atoms with Gasteiger partial charge in [-0.3, -0.25) is 4.90 Å². The molecule has 0 saturated carbocycles. The molecule has 2 N–H and O–H groups in total. The topological polar surface area (TPSA) is 38.5 Å². The van der Waals surface area contributed by atoms with E-state index in [4.69, 9.17) is 10.5 Å². The summed E-state index contributed by atoms with van der Waals surface area (Å²) in [6, 6.07) is 0.739. The lowest BCUT2D eigenvalue weighted by molar-refractivity contribution is 0.0198. The van der Waals surface area contributed by atoms with Crippen LogP contribution in [0.1, 0.15) is 45.4 Å². The van der Waals surface area contributed by atoms with E-state index in [2.05, 4.69) is 11.8 Å². The molecule has 3 atom stereocenters. The first-order valence-electron chi connectivity index (χ1n) is 6.89. The molecule has 2 fully saturated rings. The maximum atomic E-state index is 5.94. The van der Waals surface area contributed by atoms with Crippen LogP contribution in [-0.4, -0.2) is 42.8 Å². The van der Waals surface area contributed by atoms with E-state index in [1.165, 1.54) is 38.6 Å². The third kappa shape index (κ3) is 3.19. The number of nitrogens with zero attached hydrogens (tertiary/aromatic N) is 1. The quantitative estimate of drug-likeness (QED) is 0.797. The van der Waals surface area contributed by atoms with E-state index in [0.29, 0.717) is 18.8 Å². The van der Waals surface area contributed by atoms with Crippen molar-refractivity contribution in [2.75, 3.05) is 19.6 Å². The van der Waals surface area contributed by atoms with Crippen LogP contribution in [-0.2, 0) is 4.74 Å². The van der Waals surface area contributed by atoms with Gasteiger partial charge in [0.15, 0.2) is 0 Å². The van der Waals surface area contributed by atoms with Gasteiger partial charge in [-0.05, 0) is 39.2 Å². The molecule has 2 aliphatic heterocycles. The second-order valence-electron chi connectivity index (χ2n) is 5.39. The summed E-state index contributed by atoms with van der Waals surface area (Å²) in [6.45, 7) is 5.43. The molecule has 16 heavy (non-hydrogen) atoms. The highest BCUT2D eigenvalue weighted by Gasteiger charge is 2.27. The Bertz CT molecular complexity index is 210. The molecule has 2 aliphatic rings. The van der Waals surface area contributed by atoms with Crippen LogP contribution in [0.5, 0.6) is 0 Å². The Morgan fingerprint density at radius 3 is 2.69 bits per heavy atom. The summed E-state index contributed by atoms with van der Waals surface area (Å²) in [7, 11) is 0. The predicted octanol–water partition coefficient (Wildman–Crippen LogP) is 1.76. The first kappa shape index (κ1) is 12.3. The number of ether oxygens (including phenoxy) is 1. The number of hydrogen-bond donors (Lipinski definition) is 1. The summed E-state index contributed by atoms with van der Waals surface area (Å²) in [6.07, 6.45) is 8.63. The lowest BCUT2D eigenvalue weighted by atomic mass is 10.1. The Labute approximate surface area is 99.3 Å². The van der Waals surface area contributed by atoms with Crippen molar-refractivity contribution in [1.29, 1.82) is 0 Å². The van der Waals surface area contributed by atoms with Crippen LogP contribution in [0.25, 0.3) is 0 Å². The van der Waals surface area contributed by atoms with Gasteiger partial charge in [0.2, 0.25) is 0 Å². The summed E-state index contributed by atoms with van der Waals surface area (Å²) in [5, 5.41) is 0. The summed E-state index contributed by atoms with van der Waals surface area (Å²) in [5.74, 6) is 0. The molecule has 0 aromatic carbocycles. The molecule has 0 aliphatic carbocycles. The van der Waals surface area contributed by atoms with E-state index in [1.807, 2.05) is 0 Å². The van der Waals surface area contributed by atoms with Crippen molar-refractivity contribution < 1.29 is 4.74 Å².